The van der Waals surface area contributed by atoms with Crippen LogP contribution in [0.25, 0.3) is 0 Å². The number of hydrogen-bond donors (Lipinski definition) is 0. The lowest BCUT2D eigenvalue weighted by Crippen LogP contribution is -2.31. The van der Waals surface area contributed by atoms with Gasteiger partial charge in [-0.15, -0.1) is 0 Å². The van der Waals surface area contributed by atoms with Gasteiger partial charge in [-0.2, -0.15) is 11.3 Å². The van der Waals surface area contributed by atoms with Gasteiger partial charge in [0, 0.05) is 19.5 Å². The highest BCUT2D eigenvalue weighted by molar-refractivity contribution is 7.07. The normalized spacial score (nSPS) is 10.5. The number of benzene rings is 1. The van der Waals surface area contributed by atoms with Crippen molar-refractivity contribution in [2.24, 2.45) is 0 Å². The summed E-state index contributed by atoms with van der Waals surface area (Å²) in [5.41, 5.74) is 2.39. The third-order valence-electron chi connectivity index (χ3n) is 3.59. The smallest absolute Gasteiger partial charge is 0.223 e. The number of nitrogens with zero attached hydrogens (tertiary/aromatic N) is 1. The van der Waals surface area contributed by atoms with Gasteiger partial charge < -0.3 is 9.64 Å². The summed E-state index contributed by atoms with van der Waals surface area (Å²) >= 11 is 1.68. The van der Waals surface area contributed by atoms with Gasteiger partial charge in [-0.3, -0.25) is 4.79 Å². The topological polar surface area (TPSA) is 29.5 Å². The second-order valence-electron chi connectivity index (χ2n) is 5.29. The molecule has 0 saturated heterocycles. The van der Waals surface area contributed by atoms with E-state index in [2.05, 4.69) is 23.8 Å². The quantitative estimate of drug-likeness (QED) is 0.732. The van der Waals surface area contributed by atoms with Crippen LogP contribution >= 0.6 is 11.3 Å². The first-order valence-corrected chi connectivity index (χ1v) is 8.59. The van der Waals surface area contributed by atoms with E-state index in [4.69, 9.17) is 4.74 Å². The van der Waals surface area contributed by atoms with Crippen molar-refractivity contribution in [2.75, 3.05) is 13.7 Å². The Bertz CT molecular complexity index is 563. The highest BCUT2D eigenvalue weighted by atomic mass is 32.1. The van der Waals surface area contributed by atoms with Crippen molar-refractivity contribution in [3.8, 4) is 5.75 Å². The van der Waals surface area contributed by atoms with Gasteiger partial charge in [-0.1, -0.05) is 19.1 Å². The zero-order valence-electron chi connectivity index (χ0n) is 13.2. The Morgan fingerprint density at radius 2 is 1.95 bits per heavy atom. The van der Waals surface area contributed by atoms with Gasteiger partial charge in [0.15, 0.2) is 0 Å². The molecule has 1 aromatic heterocycles. The van der Waals surface area contributed by atoms with E-state index in [9.17, 15) is 4.79 Å². The maximum Gasteiger partial charge on any atom is 0.223 e. The maximum absolute atomic E-state index is 12.5. The van der Waals surface area contributed by atoms with Gasteiger partial charge in [-0.25, -0.2) is 0 Å². The van der Waals surface area contributed by atoms with Gasteiger partial charge in [0.2, 0.25) is 5.91 Å². The van der Waals surface area contributed by atoms with Crippen LogP contribution in [0.15, 0.2) is 41.1 Å². The van der Waals surface area contributed by atoms with Gasteiger partial charge >= 0.3 is 0 Å². The molecular formula is C18H23NO2S. The second kappa shape index (κ2) is 8.59. The zero-order chi connectivity index (χ0) is 15.8. The fourth-order valence-corrected chi connectivity index (χ4v) is 3.03. The van der Waals surface area contributed by atoms with E-state index < -0.39 is 0 Å². The number of rotatable bonds is 8. The minimum Gasteiger partial charge on any atom is -0.497 e. The molecule has 2 rings (SSSR count). The molecule has 3 nitrogen and oxygen atoms in total. The summed E-state index contributed by atoms with van der Waals surface area (Å²) in [4.78, 5) is 14.4. The first kappa shape index (κ1) is 16.6. The Labute approximate surface area is 136 Å². The molecular weight excluding hydrogens is 294 g/mol. The molecule has 0 bridgehead atoms. The van der Waals surface area contributed by atoms with Gasteiger partial charge in [0.05, 0.1) is 7.11 Å². The Hall–Kier alpha value is -1.81. The summed E-state index contributed by atoms with van der Waals surface area (Å²) in [6.45, 7) is 3.65. The van der Waals surface area contributed by atoms with E-state index in [-0.39, 0.29) is 5.91 Å². The fraction of sp³-hybridized carbons (Fsp3) is 0.389. The Kier molecular flexibility index (Phi) is 6.46. The van der Waals surface area contributed by atoms with E-state index in [0.29, 0.717) is 6.42 Å². The zero-order valence-corrected chi connectivity index (χ0v) is 14.1. The largest absolute Gasteiger partial charge is 0.497 e. The van der Waals surface area contributed by atoms with Crippen LogP contribution in [-0.4, -0.2) is 24.5 Å². The predicted molar refractivity (Wildman–Crippen MR) is 91.3 cm³/mol. The predicted octanol–water partition coefficient (Wildman–Crippen LogP) is 4.13. The molecule has 2 aromatic rings. The van der Waals surface area contributed by atoms with Crippen LogP contribution in [0.5, 0.6) is 5.75 Å². The van der Waals surface area contributed by atoms with Crippen LogP contribution in [0.4, 0.5) is 0 Å². The molecule has 118 valence electrons. The van der Waals surface area contributed by atoms with E-state index in [1.807, 2.05) is 29.2 Å². The molecule has 1 aromatic carbocycles. The van der Waals surface area contributed by atoms with Gasteiger partial charge in [0.1, 0.15) is 5.75 Å². The molecule has 0 N–H and O–H groups in total. The average Bonchev–Trinajstić information content (AvgIpc) is 3.06. The molecule has 0 spiro atoms. The number of amides is 1. The van der Waals surface area contributed by atoms with E-state index in [0.717, 1.165) is 31.7 Å². The molecule has 22 heavy (non-hydrogen) atoms. The molecule has 0 radical (unpaired) electrons. The minimum absolute atomic E-state index is 0.226. The van der Waals surface area contributed by atoms with Crippen molar-refractivity contribution < 1.29 is 9.53 Å². The van der Waals surface area contributed by atoms with Gasteiger partial charge in [-0.05, 0) is 52.9 Å². The Balaban J connectivity index is 1.89. The summed E-state index contributed by atoms with van der Waals surface area (Å²) < 4.78 is 5.15. The molecule has 1 heterocycles. The van der Waals surface area contributed by atoms with Crippen LogP contribution in [0.2, 0.25) is 0 Å². The van der Waals surface area contributed by atoms with Crippen molar-refractivity contribution in [2.45, 2.75) is 32.7 Å². The molecule has 0 aliphatic rings. The van der Waals surface area contributed by atoms with E-state index in [1.54, 1.807) is 18.4 Å². The van der Waals surface area contributed by atoms with E-state index >= 15 is 0 Å². The molecule has 0 atom stereocenters. The maximum atomic E-state index is 12.5. The van der Waals surface area contributed by atoms with Crippen LogP contribution in [-0.2, 0) is 17.8 Å². The van der Waals surface area contributed by atoms with Crippen molar-refractivity contribution in [3.63, 3.8) is 0 Å². The third-order valence-corrected chi connectivity index (χ3v) is 4.32. The minimum atomic E-state index is 0.226. The second-order valence-corrected chi connectivity index (χ2v) is 6.08. The molecule has 0 unspecified atom stereocenters. The lowest BCUT2D eigenvalue weighted by Gasteiger charge is -2.21. The summed E-state index contributed by atoms with van der Waals surface area (Å²) in [6, 6.07) is 10.0. The number of hydrogen-bond acceptors (Lipinski definition) is 3. The Morgan fingerprint density at radius 3 is 2.55 bits per heavy atom. The summed E-state index contributed by atoms with van der Waals surface area (Å²) in [5, 5.41) is 4.17. The number of carbonyl (C=O) groups is 1. The summed E-state index contributed by atoms with van der Waals surface area (Å²) in [5.74, 6) is 1.07. The number of aryl methyl sites for hydroxylation is 1. The molecule has 0 fully saturated rings. The molecule has 1 amide bonds. The number of methoxy groups -OCH3 is 1. The molecule has 0 saturated carbocycles. The fourth-order valence-electron chi connectivity index (χ4n) is 2.37. The lowest BCUT2D eigenvalue weighted by atomic mass is 10.1. The number of carbonyl (C=O) groups excluding carboxylic acids is 1. The van der Waals surface area contributed by atoms with Crippen molar-refractivity contribution in [3.05, 3.63) is 52.2 Å². The number of ether oxygens (including phenoxy) is 1. The van der Waals surface area contributed by atoms with Crippen molar-refractivity contribution >= 4 is 17.2 Å². The molecule has 4 heteroatoms. The Morgan fingerprint density at radius 1 is 1.18 bits per heavy atom. The highest BCUT2D eigenvalue weighted by Crippen LogP contribution is 2.15. The molecule has 0 aliphatic heterocycles. The highest BCUT2D eigenvalue weighted by Gasteiger charge is 2.13. The van der Waals surface area contributed by atoms with Gasteiger partial charge in [0.25, 0.3) is 0 Å². The van der Waals surface area contributed by atoms with Crippen molar-refractivity contribution in [1.29, 1.82) is 0 Å². The number of thiophene rings is 1. The SMILES string of the molecule is CCCN(Cc1ccsc1)C(=O)CCc1ccc(OC)cc1. The molecule has 0 aliphatic carbocycles. The lowest BCUT2D eigenvalue weighted by molar-refractivity contribution is -0.131. The van der Waals surface area contributed by atoms with E-state index in [1.165, 1.54) is 11.1 Å². The standard InChI is InChI=1S/C18H23NO2S/c1-3-11-19(13-16-10-12-22-14-16)18(20)9-6-15-4-7-17(21-2)8-5-15/h4-5,7-8,10,12,14H,3,6,9,11,13H2,1-2H3. The van der Waals surface area contributed by atoms with Crippen LogP contribution < -0.4 is 4.74 Å². The van der Waals surface area contributed by atoms with Crippen LogP contribution in [0.1, 0.15) is 30.9 Å². The summed E-state index contributed by atoms with van der Waals surface area (Å²) in [6.07, 6.45) is 2.31. The first-order chi connectivity index (χ1) is 10.7. The summed E-state index contributed by atoms with van der Waals surface area (Å²) in [7, 11) is 1.66. The first-order valence-electron chi connectivity index (χ1n) is 7.64. The monoisotopic (exact) mass is 317 g/mol. The van der Waals surface area contributed by atoms with Crippen LogP contribution in [0, 0.1) is 0 Å². The third kappa shape index (κ3) is 4.88. The van der Waals surface area contributed by atoms with Crippen LogP contribution in [0.3, 0.4) is 0 Å². The average molecular weight is 317 g/mol. The van der Waals surface area contributed by atoms with Crippen molar-refractivity contribution in [1.82, 2.24) is 4.90 Å².